The van der Waals surface area contributed by atoms with Crippen molar-refractivity contribution in [1.82, 2.24) is 9.21 Å². The molecule has 2 aliphatic heterocycles. The number of amides is 1. The summed E-state index contributed by atoms with van der Waals surface area (Å²) in [6.45, 7) is 8.78. The first-order valence-corrected chi connectivity index (χ1v) is 9.78. The van der Waals surface area contributed by atoms with E-state index in [4.69, 9.17) is 10.2 Å². The Bertz CT molecular complexity index is 623. The van der Waals surface area contributed by atoms with Crippen LogP contribution in [0.15, 0.2) is 32.9 Å². The van der Waals surface area contributed by atoms with Crippen molar-refractivity contribution in [2.75, 3.05) is 19.6 Å². The van der Waals surface area contributed by atoms with Gasteiger partial charge in [0.2, 0.25) is 0 Å². The fraction of sp³-hybridized carbons (Fsp3) is 0.667. The summed E-state index contributed by atoms with van der Waals surface area (Å²) in [7, 11) is 0. The summed E-state index contributed by atoms with van der Waals surface area (Å²) < 4.78 is 7.71. The highest BCUT2D eigenvalue weighted by atomic mass is 32.2. The van der Waals surface area contributed by atoms with Gasteiger partial charge in [0.05, 0.1) is 6.26 Å². The second-order valence-corrected chi connectivity index (χ2v) is 8.75. The van der Waals surface area contributed by atoms with E-state index in [-0.39, 0.29) is 5.91 Å². The monoisotopic (exact) mass is 364 g/mol. The maximum atomic E-state index is 12.8. The quantitative estimate of drug-likeness (QED) is 0.786. The summed E-state index contributed by atoms with van der Waals surface area (Å²) in [5.41, 5.74) is 5.40. The number of aliphatic imine (C=N–C) groups is 1. The van der Waals surface area contributed by atoms with E-state index in [9.17, 15) is 4.79 Å². The average molecular weight is 365 g/mol. The molecule has 0 saturated carbocycles. The molecular weight excluding hydrogens is 336 g/mol. The highest BCUT2D eigenvalue weighted by molar-refractivity contribution is 7.96. The third-order valence-electron chi connectivity index (χ3n) is 4.88. The van der Waals surface area contributed by atoms with Gasteiger partial charge < -0.3 is 10.2 Å². The van der Waals surface area contributed by atoms with Crippen molar-refractivity contribution >= 4 is 23.8 Å². The molecule has 2 aliphatic rings. The molecule has 6 nitrogen and oxygen atoms in total. The van der Waals surface area contributed by atoms with Gasteiger partial charge >= 0.3 is 0 Å². The third kappa shape index (κ3) is 4.20. The Labute approximate surface area is 153 Å². The Kier molecular flexibility index (Phi) is 5.43. The number of guanidine groups is 1. The van der Waals surface area contributed by atoms with Crippen LogP contribution in [-0.2, 0) is 4.79 Å². The van der Waals surface area contributed by atoms with E-state index in [1.165, 1.54) is 0 Å². The van der Waals surface area contributed by atoms with Gasteiger partial charge in [0.1, 0.15) is 5.54 Å². The molecule has 1 saturated heterocycles. The maximum Gasteiger partial charge on any atom is 0.257 e. The lowest BCUT2D eigenvalue weighted by molar-refractivity contribution is -0.131. The number of hydrogen-bond donors (Lipinski definition) is 1. The van der Waals surface area contributed by atoms with Crippen LogP contribution in [-0.4, -0.2) is 46.2 Å². The molecule has 2 N–H and O–H groups in total. The number of nitrogens with zero attached hydrogens (tertiary/aromatic N) is 3. The molecule has 0 aliphatic carbocycles. The second kappa shape index (κ2) is 7.41. The molecule has 0 spiro atoms. The van der Waals surface area contributed by atoms with E-state index >= 15 is 0 Å². The number of nitrogens with two attached hydrogens (primary N) is 1. The highest BCUT2D eigenvalue weighted by Crippen LogP contribution is 2.32. The van der Waals surface area contributed by atoms with Crippen molar-refractivity contribution in [3.8, 4) is 0 Å². The standard InChI is InChI=1S/C18H28N4O2S/c1-13(2)11-18(3)16(23)22(17(19)20-18)12-14-6-8-21(9-7-14)25-15-5-4-10-24-15/h4-5,10,13-14H,6-9,11-12H2,1-3H3,(H2,19,20). The minimum absolute atomic E-state index is 0.0612. The highest BCUT2D eigenvalue weighted by Gasteiger charge is 2.44. The molecule has 25 heavy (non-hydrogen) atoms. The summed E-state index contributed by atoms with van der Waals surface area (Å²) in [4.78, 5) is 19.0. The summed E-state index contributed by atoms with van der Waals surface area (Å²) in [5, 5.41) is 0.925. The molecule has 1 unspecified atom stereocenters. The molecule has 3 heterocycles. The Morgan fingerprint density at radius 3 is 2.76 bits per heavy atom. The van der Waals surface area contributed by atoms with Crippen molar-refractivity contribution in [3.63, 3.8) is 0 Å². The number of furan rings is 1. The Balaban J connectivity index is 1.52. The van der Waals surface area contributed by atoms with Gasteiger partial charge in [-0.3, -0.25) is 9.69 Å². The van der Waals surface area contributed by atoms with Crippen LogP contribution in [0.5, 0.6) is 0 Å². The summed E-state index contributed by atoms with van der Waals surface area (Å²) in [6.07, 6.45) is 4.53. The van der Waals surface area contributed by atoms with Gasteiger partial charge in [0, 0.05) is 19.6 Å². The zero-order chi connectivity index (χ0) is 18.0. The van der Waals surface area contributed by atoms with Crippen LogP contribution in [0, 0.1) is 11.8 Å². The lowest BCUT2D eigenvalue weighted by atomic mass is 9.90. The van der Waals surface area contributed by atoms with E-state index in [2.05, 4.69) is 23.1 Å². The molecule has 3 rings (SSSR count). The lowest BCUT2D eigenvalue weighted by Gasteiger charge is -2.33. The van der Waals surface area contributed by atoms with Crippen LogP contribution in [0.1, 0.15) is 40.0 Å². The van der Waals surface area contributed by atoms with E-state index in [1.54, 1.807) is 23.1 Å². The van der Waals surface area contributed by atoms with Gasteiger partial charge in [-0.1, -0.05) is 13.8 Å². The van der Waals surface area contributed by atoms with E-state index in [0.29, 0.717) is 24.3 Å². The van der Waals surface area contributed by atoms with Crippen LogP contribution < -0.4 is 5.73 Å². The first kappa shape index (κ1) is 18.3. The second-order valence-electron chi connectivity index (χ2n) is 7.65. The lowest BCUT2D eigenvalue weighted by Crippen LogP contribution is -2.46. The minimum atomic E-state index is -0.686. The molecule has 7 heteroatoms. The van der Waals surface area contributed by atoms with E-state index < -0.39 is 5.54 Å². The molecule has 1 amide bonds. The SMILES string of the molecule is CC(C)CC1(C)N=C(N)N(CC2CCN(Sc3ccco3)CC2)C1=O. The topological polar surface area (TPSA) is 75.1 Å². The average Bonchev–Trinajstić information content (AvgIpc) is 3.11. The first-order valence-electron chi connectivity index (χ1n) is 9.01. The van der Waals surface area contributed by atoms with Gasteiger partial charge in [0.15, 0.2) is 11.1 Å². The van der Waals surface area contributed by atoms with Crippen LogP contribution in [0.3, 0.4) is 0 Å². The predicted molar refractivity (Wildman–Crippen MR) is 100 cm³/mol. The number of rotatable bonds is 6. The number of carbonyl (C=O) groups is 1. The van der Waals surface area contributed by atoms with Gasteiger partial charge in [-0.25, -0.2) is 9.30 Å². The Morgan fingerprint density at radius 2 is 2.16 bits per heavy atom. The fourth-order valence-electron chi connectivity index (χ4n) is 3.74. The van der Waals surface area contributed by atoms with Crippen molar-refractivity contribution < 1.29 is 9.21 Å². The number of carbonyl (C=O) groups excluding carboxylic acids is 1. The number of piperidine rings is 1. The maximum absolute atomic E-state index is 12.8. The molecule has 1 atom stereocenters. The van der Waals surface area contributed by atoms with E-state index in [0.717, 1.165) is 37.4 Å². The fourth-order valence-corrected chi connectivity index (χ4v) is 4.63. The summed E-state index contributed by atoms with van der Waals surface area (Å²) in [5.74, 6) is 1.33. The van der Waals surface area contributed by atoms with Gasteiger partial charge in [0.25, 0.3) is 5.91 Å². The van der Waals surface area contributed by atoms with Crippen LogP contribution in [0.4, 0.5) is 0 Å². The van der Waals surface area contributed by atoms with Crippen molar-refractivity contribution in [1.29, 1.82) is 0 Å². The Morgan fingerprint density at radius 1 is 1.44 bits per heavy atom. The Hall–Kier alpha value is -1.47. The molecule has 0 radical (unpaired) electrons. The third-order valence-corrected chi connectivity index (χ3v) is 5.91. The zero-order valence-corrected chi connectivity index (χ0v) is 16.1. The zero-order valence-electron chi connectivity index (χ0n) is 15.3. The normalized spacial score (nSPS) is 25.8. The number of hydrogen-bond acceptors (Lipinski definition) is 6. The van der Waals surface area contributed by atoms with Gasteiger partial charge in [-0.15, -0.1) is 0 Å². The van der Waals surface area contributed by atoms with Crippen LogP contribution in [0.25, 0.3) is 0 Å². The van der Waals surface area contributed by atoms with Crippen molar-refractivity contribution in [2.24, 2.45) is 22.6 Å². The van der Waals surface area contributed by atoms with Crippen LogP contribution >= 0.6 is 11.9 Å². The van der Waals surface area contributed by atoms with E-state index in [1.807, 2.05) is 19.1 Å². The largest absolute Gasteiger partial charge is 0.457 e. The molecule has 1 fully saturated rings. The van der Waals surface area contributed by atoms with Crippen molar-refractivity contribution in [3.05, 3.63) is 18.4 Å². The van der Waals surface area contributed by atoms with Crippen LogP contribution in [0.2, 0.25) is 0 Å². The molecule has 1 aromatic heterocycles. The first-order chi connectivity index (χ1) is 11.9. The minimum Gasteiger partial charge on any atom is -0.457 e. The molecule has 0 bridgehead atoms. The summed E-state index contributed by atoms with van der Waals surface area (Å²) >= 11 is 1.66. The van der Waals surface area contributed by atoms with Gasteiger partial charge in [-0.05, 0) is 62.1 Å². The summed E-state index contributed by atoms with van der Waals surface area (Å²) in [6, 6.07) is 3.89. The molecule has 138 valence electrons. The predicted octanol–water partition coefficient (Wildman–Crippen LogP) is 2.96. The van der Waals surface area contributed by atoms with Crippen molar-refractivity contribution in [2.45, 2.75) is 50.7 Å². The molecule has 0 aromatic carbocycles. The van der Waals surface area contributed by atoms with Gasteiger partial charge in [-0.2, -0.15) is 0 Å². The molecule has 1 aromatic rings. The molecular formula is C18H28N4O2S. The smallest absolute Gasteiger partial charge is 0.257 e.